The van der Waals surface area contributed by atoms with E-state index in [0.717, 1.165) is 44.1 Å². The Morgan fingerprint density at radius 2 is 1.78 bits per heavy atom. The normalized spacial score (nSPS) is 11.9. The molecule has 4 aromatic rings. The average molecular weight is 504 g/mol. The van der Waals surface area contributed by atoms with Gasteiger partial charge in [0.05, 0.1) is 24.6 Å². The minimum Gasteiger partial charge on any atom is -0.497 e. The smallest absolute Gasteiger partial charge is 0.307 e. The van der Waals surface area contributed by atoms with Crippen molar-refractivity contribution in [2.45, 2.75) is 29.7 Å². The molecule has 0 saturated heterocycles. The van der Waals surface area contributed by atoms with E-state index in [0.29, 0.717) is 12.2 Å². The third-order valence-electron chi connectivity index (χ3n) is 6.04. The molecule has 1 aromatic heterocycles. The number of aromatic nitrogens is 1. The molecule has 1 atom stereocenters. The summed E-state index contributed by atoms with van der Waals surface area (Å²) in [6, 6.07) is 22.3. The predicted molar refractivity (Wildman–Crippen MR) is 144 cm³/mol. The van der Waals surface area contributed by atoms with E-state index >= 15 is 0 Å². The molecule has 0 radical (unpaired) electrons. The molecular weight excluding hydrogens is 474 g/mol. The number of hydrogen-bond acceptors (Lipinski definition) is 5. The summed E-state index contributed by atoms with van der Waals surface area (Å²) < 4.78 is 5.18. The number of aromatic amines is 1. The lowest BCUT2D eigenvalue weighted by Gasteiger charge is -2.22. The van der Waals surface area contributed by atoms with E-state index in [2.05, 4.69) is 4.98 Å². The van der Waals surface area contributed by atoms with Crippen LogP contribution in [0.3, 0.4) is 0 Å². The molecule has 0 unspecified atom stereocenters. The zero-order valence-corrected chi connectivity index (χ0v) is 21.0. The Labute approximate surface area is 214 Å². The van der Waals surface area contributed by atoms with Gasteiger partial charge >= 0.3 is 5.97 Å². The number of carboxylic acid groups (broad SMARTS) is 1. The molecule has 0 aliphatic carbocycles. The highest BCUT2D eigenvalue weighted by molar-refractivity contribution is 7.98. The number of aliphatic carboxylic acids is 1. The van der Waals surface area contributed by atoms with Gasteiger partial charge in [-0.25, -0.2) is 0 Å². The van der Waals surface area contributed by atoms with E-state index in [1.54, 1.807) is 43.0 Å². The quantitative estimate of drug-likeness (QED) is 0.272. The first-order valence-corrected chi connectivity index (χ1v) is 12.5. The van der Waals surface area contributed by atoms with E-state index in [4.69, 9.17) is 10.5 Å². The number of para-hydroxylation sites is 1. The number of nitrogens with one attached hydrogen (secondary N) is 1. The van der Waals surface area contributed by atoms with E-state index < -0.39 is 12.0 Å². The Hall–Kier alpha value is -3.75. The highest BCUT2D eigenvalue weighted by Gasteiger charge is 2.20. The lowest BCUT2D eigenvalue weighted by molar-refractivity contribution is -0.136. The average Bonchev–Trinajstić information content (AvgIpc) is 3.23. The van der Waals surface area contributed by atoms with Crippen LogP contribution in [0.1, 0.15) is 16.7 Å². The molecule has 186 valence electrons. The number of H-pyrrole nitrogens is 1. The first-order chi connectivity index (χ1) is 17.4. The molecule has 4 rings (SSSR count). The van der Waals surface area contributed by atoms with Gasteiger partial charge in [0.25, 0.3) is 0 Å². The third kappa shape index (κ3) is 5.90. The molecule has 0 bridgehead atoms. The largest absolute Gasteiger partial charge is 0.497 e. The van der Waals surface area contributed by atoms with Crippen molar-refractivity contribution in [1.82, 2.24) is 4.98 Å². The van der Waals surface area contributed by atoms with Crippen molar-refractivity contribution < 1.29 is 19.4 Å². The summed E-state index contributed by atoms with van der Waals surface area (Å²) in [6.07, 6.45) is 0.375. The van der Waals surface area contributed by atoms with Crippen LogP contribution in [0.2, 0.25) is 0 Å². The van der Waals surface area contributed by atoms with Gasteiger partial charge < -0.3 is 25.5 Å². The molecule has 0 spiro atoms. The van der Waals surface area contributed by atoms with Crippen molar-refractivity contribution in [2.24, 2.45) is 5.73 Å². The number of ether oxygens (including phenoxy) is 1. The molecule has 0 aliphatic heterocycles. The summed E-state index contributed by atoms with van der Waals surface area (Å²) >= 11 is 1.57. The molecule has 1 amide bonds. The van der Waals surface area contributed by atoms with E-state index in [1.165, 1.54) is 0 Å². The van der Waals surface area contributed by atoms with Crippen LogP contribution >= 0.6 is 11.8 Å². The Balaban J connectivity index is 1.42. The fourth-order valence-electron chi connectivity index (χ4n) is 4.15. The summed E-state index contributed by atoms with van der Waals surface area (Å²) in [5.74, 6) is 0.349. The molecule has 8 heteroatoms. The SMILES string of the molecule is COc1ccc(N(C)C(=O)[C@@H](N)Cc2cccc(CSc3[nH]c4ccccc4c3CC(=O)O)c2)cc1. The van der Waals surface area contributed by atoms with E-state index in [-0.39, 0.29) is 12.3 Å². The predicted octanol–water partition coefficient (Wildman–Crippen LogP) is 4.63. The second-order valence-electron chi connectivity index (χ2n) is 8.56. The Morgan fingerprint density at radius 1 is 1.06 bits per heavy atom. The number of likely N-dealkylation sites (N-methyl/N-ethyl adjacent to an activating group) is 1. The van der Waals surface area contributed by atoms with Crippen LogP contribution in [-0.2, 0) is 28.2 Å². The molecule has 7 nitrogen and oxygen atoms in total. The van der Waals surface area contributed by atoms with Crippen molar-refractivity contribution in [3.8, 4) is 5.75 Å². The number of thioether (sulfide) groups is 1. The number of fused-ring (bicyclic) bond motifs is 1. The van der Waals surface area contributed by atoms with Gasteiger partial charge in [0.2, 0.25) is 5.91 Å². The number of hydrogen-bond donors (Lipinski definition) is 3. The number of anilines is 1. The summed E-state index contributed by atoms with van der Waals surface area (Å²) in [4.78, 5) is 29.3. The molecular formula is C28H29N3O4S. The standard InChI is InChI=1S/C28H29N3O4S/c1-31(20-10-12-21(35-2)13-11-20)28(34)24(29)15-18-6-5-7-19(14-18)17-36-27-23(16-26(32)33)22-8-3-4-9-25(22)30-27/h3-14,24,30H,15-17,29H2,1-2H3,(H,32,33)/t24-/m0/s1. The van der Waals surface area contributed by atoms with Crippen LogP contribution in [-0.4, -0.2) is 42.2 Å². The van der Waals surface area contributed by atoms with Crippen LogP contribution in [0.15, 0.2) is 77.8 Å². The molecule has 3 aromatic carbocycles. The van der Waals surface area contributed by atoms with Gasteiger partial charge in [-0.15, -0.1) is 11.8 Å². The number of benzene rings is 3. The number of carboxylic acids is 1. The number of nitrogens with zero attached hydrogens (tertiary/aromatic N) is 1. The zero-order chi connectivity index (χ0) is 25.7. The number of nitrogens with two attached hydrogens (primary N) is 1. The third-order valence-corrected chi connectivity index (χ3v) is 7.15. The fourth-order valence-corrected chi connectivity index (χ4v) is 5.18. The van der Waals surface area contributed by atoms with E-state index in [9.17, 15) is 14.7 Å². The van der Waals surface area contributed by atoms with Gasteiger partial charge in [-0.05, 0) is 47.9 Å². The fraction of sp³-hybridized carbons (Fsp3) is 0.214. The first kappa shape index (κ1) is 25.3. The zero-order valence-electron chi connectivity index (χ0n) is 20.2. The Kier molecular flexibility index (Phi) is 7.97. The molecule has 4 N–H and O–H groups in total. The lowest BCUT2D eigenvalue weighted by atomic mass is 10.0. The number of methoxy groups -OCH3 is 1. The minimum atomic E-state index is -0.859. The first-order valence-electron chi connectivity index (χ1n) is 11.5. The number of rotatable bonds is 10. The van der Waals surface area contributed by atoms with Crippen LogP contribution in [0.25, 0.3) is 10.9 Å². The van der Waals surface area contributed by atoms with E-state index in [1.807, 2.05) is 60.7 Å². The number of amides is 1. The minimum absolute atomic E-state index is 0.0366. The van der Waals surface area contributed by atoms with Crippen molar-refractivity contribution in [1.29, 1.82) is 0 Å². The summed E-state index contributed by atoms with van der Waals surface area (Å²) in [5, 5.41) is 11.2. The second kappa shape index (κ2) is 11.3. The van der Waals surface area contributed by atoms with Crippen LogP contribution in [0.4, 0.5) is 5.69 Å². The van der Waals surface area contributed by atoms with Gasteiger partial charge in [0, 0.05) is 35.0 Å². The summed E-state index contributed by atoms with van der Waals surface area (Å²) in [5.41, 5.74) is 10.8. The highest BCUT2D eigenvalue weighted by Crippen LogP contribution is 2.32. The Bertz CT molecular complexity index is 1370. The topological polar surface area (TPSA) is 109 Å². The van der Waals surface area contributed by atoms with Crippen molar-refractivity contribution in [3.05, 3.63) is 89.5 Å². The number of carbonyl (C=O) groups is 2. The van der Waals surface area contributed by atoms with Crippen LogP contribution < -0.4 is 15.4 Å². The summed E-state index contributed by atoms with van der Waals surface area (Å²) in [7, 11) is 3.31. The molecule has 36 heavy (non-hydrogen) atoms. The van der Waals surface area contributed by atoms with Gasteiger partial charge in [0.15, 0.2) is 0 Å². The lowest BCUT2D eigenvalue weighted by Crippen LogP contribution is -2.43. The van der Waals surface area contributed by atoms with Crippen LogP contribution in [0, 0.1) is 0 Å². The van der Waals surface area contributed by atoms with Crippen molar-refractivity contribution in [3.63, 3.8) is 0 Å². The molecule has 0 saturated carbocycles. The monoisotopic (exact) mass is 503 g/mol. The van der Waals surface area contributed by atoms with Crippen molar-refractivity contribution >= 4 is 40.2 Å². The maximum atomic E-state index is 12.9. The molecule has 0 aliphatic rings. The highest BCUT2D eigenvalue weighted by atomic mass is 32.2. The second-order valence-corrected chi connectivity index (χ2v) is 9.55. The maximum absolute atomic E-state index is 12.9. The summed E-state index contributed by atoms with van der Waals surface area (Å²) in [6.45, 7) is 0. The molecule has 0 fully saturated rings. The van der Waals surface area contributed by atoms with Gasteiger partial charge in [-0.2, -0.15) is 0 Å². The van der Waals surface area contributed by atoms with Crippen molar-refractivity contribution in [2.75, 3.05) is 19.1 Å². The maximum Gasteiger partial charge on any atom is 0.307 e. The van der Waals surface area contributed by atoms with Gasteiger partial charge in [0.1, 0.15) is 5.75 Å². The van der Waals surface area contributed by atoms with Gasteiger partial charge in [-0.1, -0.05) is 42.5 Å². The Morgan fingerprint density at radius 3 is 2.50 bits per heavy atom. The van der Waals surface area contributed by atoms with Gasteiger partial charge in [-0.3, -0.25) is 9.59 Å². The van der Waals surface area contributed by atoms with Crippen LogP contribution in [0.5, 0.6) is 5.75 Å². The molecule has 1 heterocycles. The number of carbonyl (C=O) groups excluding carboxylic acids is 1.